The van der Waals surface area contributed by atoms with Gasteiger partial charge in [0.15, 0.2) is 10.9 Å². The molecule has 2 N–H and O–H groups in total. The minimum Gasteiger partial charge on any atom is -0.325 e. The SMILES string of the molecule is CCCc1cc(=O)[nH]c(SCC(=O)Nc2cccc(C(C)=O)c2)n1. The number of carbonyl (C=O) groups is 2. The van der Waals surface area contributed by atoms with E-state index in [0.717, 1.165) is 18.5 Å². The van der Waals surface area contributed by atoms with Crippen LogP contribution in [-0.2, 0) is 11.2 Å². The van der Waals surface area contributed by atoms with Crippen molar-refractivity contribution < 1.29 is 9.59 Å². The third kappa shape index (κ3) is 5.34. The van der Waals surface area contributed by atoms with E-state index in [9.17, 15) is 14.4 Å². The van der Waals surface area contributed by atoms with E-state index in [1.807, 2.05) is 6.92 Å². The van der Waals surface area contributed by atoms with Gasteiger partial charge < -0.3 is 10.3 Å². The Labute approximate surface area is 144 Å². The summed E-state index contributed by atoms with van der Waals surface area (Å²) in [6.45, 7) is 3.49. The molecule has 0 saturated heterocycles. The molecule has 2 aromatic rings. The van der Waals surface area contributed by atoms with Gasteiger partial charge in [0.25, 0.3) is 5.56 Å². The van der Waals surface area contributed by atoms with Crippen molar-refractivity contribution in [2.75, 3.05) is 11.1 Å². The predicted octanol–water partition coefficient (Wildman–Crippen LogP) is 2.66. The maximum absolute atomic E-state index is 12.0. The quantitative estimate of drug-likeness (QED) is 0.457. The Bertz CT molecular complexity index is 802. The summed E-state index contributed by atoms with van der Waals surface area (Å²) in [7, 11) is 0. The second-order valence-electron chi connectivity index (χ2n) is 5.27. The fourth-order valence-corrected chi connectivity index (χ4v) is 2.78. The van der Waals surface area contributed by atoms with Gasteiger partial charge in [-0.25, -0.2) is 4.98 Å². The molecule has 1 aromatic heterocycles. The maximum atomic E-state index is 12.0. The van der Waals surface area contributed by atoms with E-state index in [-0.39, 0.29) is 23.0 Å². The Hall–Kier alpha value is -2.41. The molecule has 0 spiro atoms. The van der Waals surface area contributed by atoms with Crippen LogP contribution in [0.1, 0.15) is 36.3 Å². The van der Waals surface area contributed by atoms with E-state index in [1.54, 1.807) is 24.3 Å². The van der Waals surface area contributed by atoms with E-state index in [0.29, 0.717) is 16.4 Å². The summed E-state index contributed by atoms with van der Waals surface area (Å²) in [5, 5.41) is 3.16. The van der Waals surface area contributed by atoms with Gasteiger partial charge in [-0.2, -0.15) is 0 Å². The van der Waals surface area contributed by atoms with E-state index in [1.165, 1.54) is 24.8 Å². The number of ketones is 1. The number of aryl methyl sites for hydroxylation is 1. The number of carbonyl (C=O) groups excluding carboxylic acids is 2. The first-order chi connectivity index (χ1) is 11.5. The topological polar surface area (TPSA) is 91.9 Å². The first-order valence-electron chi connectivity index (χ1n) is 7.62. The smallest absolute Gasteiger partial charge is 0.251 e. The molecule has 0 radical (unpaired) electrons. The standard InChI is InChI=1S/C17H19N3O3S/c1-3-5-13-9-15(22)20-17(19-13)24-10-16(23)18-14-7-4-6-12(8-14)11(2)21/h4,6-9H,3,5,10H2,1-2H3,(H,18,23)(H,19,20,22). The lowest BCUT2D eigenvalue weighted by Crippen LogP contribution is -2.16. The fourth-order valence-electron chi connectivity index (χ4n) is 2.08. The first kappa shape index (κ1) is 17.9. The van der Waals surface area contributed by atoms with Crippen molar-refractivity contribution in [3.05, 3.63) is 51.9 Å². The number of amides is 1. The average molecular weight is 345 g/mol. The molecule has 0 bridgehead atoms. The van der Waals surface area contributed by atoms with Gasteiger partial charge in [0.2, 0.25) is 5.91 Å². The van der Waals surface area contributed by atoms with Gasteiger partial charge in [-0.15, -0.1) is 0 Å². The molecule has 0 saturated carbocycles. The third-order valence-electron chi connectivity index (χ3n) is 3.17. The van der Waals surface area contributed by atoms with Gasteiger partial charge in [0.05, 0.1) is 5.75 Å². The summed E-state index contributed by atoms with van der Waals surface area (Å²) in [4.78, 5) is 41.9. The van der Waals surface area contributed by atoms with Crippen molar-refractivity contribution in [3.8, 4) is 0 Å². The van der Waals surface area contributed by atoms with Crippen molar-refractivity contribution in [2.45, 2.75) is 31.8 Å². The lowest BCUT2D eigenvalue weighted by Gasteiger charge is -2.06. The van der Waals surface area contributed by atoms with Crippen LogP contribution in [0.25, 0.3) is 0 Å². The van der Waals surface area contributed by atoms with Crippen LogP contribution in [0, 0.1) is 0 Å². The van der Waals surface area contributed by atoms with E-state index in [4.69, 9.17) is 0 Å². The van der Waals surface area contributed by atoms with Crippen LogP contribution in [0.3, 0.4) is 0 Å². The van der Waals surface area contributed by atoms with Crippen LogP contribution < -0.4 is 10.9 Å². The van der Waals surface area contributed by atoms with E-state index < -0.39 is 0 Å². The van der Waals surface area contributed by atoms with Gasteiger partial charge in [-0.05, 0) is 25.5 Å². The molecule has 0 aliphatic rings. The number of nitrogens with one attached hydrogen (secondary N) is 2. The molecule has 0 aliphatic heterocycles. The van der Waals surface area contributed by atoms with Gasteiger partial charge in [-0.1, -0.05) is 37.2 Å². The van der Waals surface area contributed by atoms with Gasteiger partial charge in [-0.3, -0.25) is 14.4 Å². The predicted molar refractivity (Wildman–Crippen MR) is 94.7 cm³/mol. The Morgan fingerprint density at radius 2 is 2.08 bits per heavy atom. The number of aromatic amines is 1. The molecular formula is C17H19N3O3S. The summed E-state index contributed by atoms with van der Waals surface area (Å²) in [6.07, 6.45) is 1.62. The number of thioether (sulfide) groups is 1. The van der Waals surface area contributed by atoms with Crippen LogP contribution in [0.15, 0.2) is 40.3 Å². The van der Waals surface area contributed by atoms with Crippen molar-refractivity contribution >= 4 is 29.1 Å². The van der Waals surface area contributed by atoms with Crippen LogP contribution in [0.5, 0.6) is 0 Å². The Morgan fingerprint density at radius 3 is 2.79 bits per heavy atom. The lowest BCUT2D eigenvalue weighted by molar-refractivity contribution is -0.113. The average Bonchev–Trinajstić information content (AvgIpc) is 2.53. The second-order valence-corrected chi connectivity index (χ2v) is 6.23. The van der Waals surface area contributed by atoms with Crippen LogP contribution in [0.4, 0.5) is 5.69 Å². The maximum Gasteiger partial charge on any atom is 0.251 e. The van der Waals surface area contributed by atoms with E-state index in [2.05, 4.69) is 15.3 Å². The zero-order valence-electron chi connectivity index (χ0n) is 13.6. The highest BCUT2D eigenvalue weighted by Gasteiger charge is 2.08. The number of aromatic nitrogens is 2. The van der Waals surface area contributed by atoms with Crippen LogP contribution >= 0.6 is 11.8 Å². The largest absolute Gasteiger partial charge is 0.325 e. The highest BCUT2D eigenvalue weighted by molar-refractivity contribution is 7.99. The molecule has 6 nitrogen and oxygen atoms in total. The molecular weight excluding hydrogens is 326 g/mol. The molecule has 126 valence electrons. The zero-order chi connectivity index (χ0) is 17.5. The molecule has 0 fully saturated rings. The highest BCUT2D eigenvalue weighted by atomic mass is 32.2. The number of Topliss-reactive ketones (excluding diaryl/α,β-unsaturated/α-hetero) is 1. The Balaban J connectivity index is 1.97. The van der Waals surface area contributed by atoms with Crippen LogP contribution in [-0.4, -0.2) is 27.4 Å². The first-order valence-corrected chi connectivity index (χ1v) is 8.60. The number of anilines is 1. The Morgan fingerprint density at radius 1 is 1.29 bits per heavy atom. The fraction of sp³-hybridized carbons (Fsp3) is 0.294. The number of H-pyrrole nitrogens is 1. The molecule has 1 heterocycles. The number of benzene rings is 1. The van der Waals surface area contributed by atoms with Gasteiger partial charge >= 0.3 is 0 Å². The van der Waals surface area contributed by atoms with Gasteiger partial charge in [0.1, 0.15) is 0 Å². The summed E-state index contributed by atoms with van der Waals surface area (Å²) in [6, 6.07) is 8.23. The lowest BCUT2D eigenvalue weighted by atomic mass is 10.1. The number of nitrogens with zero attached hydrogens (tertiary/aromatic N) is 1. The minimum absolute atomic E-state index is 0.0602. The van der Waals surface area contributed by atoms with Crippen LogP contribution in [0.2, 0.25) is 0 Å². The van der Waals surface area contributed by atoms with Crippen molar-refractivity contribution in [3.63, 3.8) is 0 Å². The number of hydrogen-bond donors (Lipinski definition) is 2. The van der Waals surface area contributed by atoms with Crippen molar-refractivity contribution in [2.24, 2.45) is 0 Å². The Kier molecular flexibility index (Phi) is 6.31. The molecule has 7 heteroatoms. The molecule has 0 unspecified atom stereocenters. The number of rotatable bonds is 7. The molecule has 24 heavy (non-hydrogen) atoms. The summed E-state index contributed by atoms with van der Waals surface area (Å²) in [5.74, 6) is -0.178. The molecule has 0 aliphatic carbocycles. The van der Waals surface area contributed by atoms with E-state index >= 15 is 0 Å². The molecule has 0 atom stereocenters. The van der Waals surface area contributed by atoms with Gasteiger partial charge in [0, 0.05) is 23.0 Å². The minimum atomic E-state index is -0.232. The highest BCUT2D eigenvalue weighted by Crippen LogP contribution is 2.15. The monoisotopic (exact) mass is 345 g/mol. The van der Waals surface area contributed by atoms with Crippen molar-refractivity contribution in [1.82, 2.24) is 9.97 Å². The molecule has 2 rings (SSSR count). The zero-order valence-corrected chi connectivity index (χ0v) is 14.4. The molecule has 1 amide bonds. The second kappa shape index (κ2) is 8.44. The third-order valence-corrected chi connectivity index (χ3v) is 4.05. The van der Waals surface area contributed by atoms with Crippen molar-refractivity contribution in [1.29, 1.82) is 0 Å². The molecule has 1 aromatic carbocycles. The number of hydrogen-bond acceptors (Lipinski definition) is 5. The summed E-state index contributed by atoms with van der Waals surface area (Å²) >= 11 is 1.17. The summed E-state index contributed by atoms with van der Waals surface area (Å²) in [5.41, 5.74) is 1.61. The summed E-state index contributed by atoms with van der Waals surface area (Å²) < 4.78 is 0. The normalized spacial score (nSPS) is 10.4.